The minimum absolute atomic E-state index is 0.196. The van der Waals surface area contributed by atoms with Crippen LogP contribution >= 0.6 is 43.5 Å². The molecule has 1 aliphatic rings. The summed E-state index contributed by atoms with van der Waals surface area (Å²) in [7, 11) is 0. The highest BCUT2D eigenvalue weighted by Gasteiger charge is 2.16. The van der Waals surface area contributed by atoms with E-state index in [0.29, 0.717) is 10.0 Å². The van der Waals surface area contributed by atoms with E-state index in [4.69, 9.17) is 11.6 Å². The Morgan fingerprint density at radius 2 is 1.71 bits per heavy atom. The van der Waals surface area contributed by atoms with Gasteiger partial charge in [-0.05, 0) is 52.3 Å². The molecular formula is C17H16Br2ClN3O. The van der Waals surface area contributed by atoms with E-state index in [1.54, 1.807) is 12.3 Å². The van der Waals surface area contributed by atoms with Crippen LogP contribution in [0.4, 0.5) is 5.69 Å². The molecule has 0 unspecified atom stereocenters. The van der Waals surface area contributed by atoms with Crippen molar-refractivity contribution in [1.29, 1.82) is 0 Å². The van der Waals surface area contributed by atoms with Gasteiger partial charge in [0.2, 0.25) is 0 Å². The van der Waals surface area contributed by atoms with Gasteiger partial charge < -0.3 is 10.0 Å². The number of phenols is 1. The van der Waals surface area contributed by atoms with Crippen molar-refractivity contribution in [3.8, 4) is 5.75 Å². The molecule has 0 bridgehead atoms. The third-order valence-corrected chi connectivity index (χ3v) is 5.18. The lowest BCUT2D eigenvalue weighted by atomic mass is 10.2. The molecule has 1 N–H and O–H groups in total. The monoisotopic (exact) mass is 471 g/mol. The highest BCUT2D eigenvalue weighted by Crippen LogP contribution is 2.30. The van der Waals surface area contributed by atoms with Crippen LogP contribution in [0.1, 0.15) is 5.56 Å². The maximum Gasteiger partial charge on any atom is 0.138 e. The quantitative estimate of drug-likeness (QED) is 0.656. The maximum atomic E-state index is 10.1. The number of nitrogens with zero attached hydrogens (tertiary/aromatic N) is 3. The van der Waals surface area contributed by atoms with Crippen molar-refractivity contribution >= 4 is 55.4 Å². The van der Waals surface area contributed by atoms with Gasteiger partial charge in [-0.3, -0.25) is 5.01 Å². The van der Waals surface area contributed by atoms with E-state index >= 15 is 0 Å². The van der Waals surface area contributed by atoms with Crippen molar-refractivity contribution in [1.82, 2.24) is 5.01 Å². The number of hydrogen-bond acceptors (Lipinski definition) is 4. The topological polar surface area (TPSA) is 39.1 Å². The van der Waals surface area contributed by atoms with Crippen LogP contribution < -0.4 is 4.90 Å². The second kappa shape index (κ2) is 7.76. The first-order valence-corrected chi connectivity index (χ1v) is 9.47. The Bertz CT molecular complexity index is 744. The van der Waals surface area contributed by atoms with E-state index < -0.39 is 0 Å². The van der Waals surface area contributed by atoms with Gasteiger partial charge in [0.1, 0.15) is 5.75 Å². The molecule has 0 radical (unpaired) electrons. The number of anilines is 1. The summed E-state index contributed by atoms with van der Waals surface area (Å²) in [5.41, 5.74) is 1.85. The molecular weight excluding hydrogens is 457 g/mol. The fraction of sp³-hybridized carbons (Fsp3) is 0.235. The van der Waals surface area contributed by atoms with E-state index in [0.717, 1.165) is 35.7 Å². The summed E-state index contributed by atoms with van der Waals surface area (Å²) in [6.07, 6.45) is 1.70. The number of hydrogen-bond donors (Lipinski definition) is 1. The van der Waals surface area contributed by atoms with Gasteiger partial charge in [0.25, 0.3) is 0 Å². The van der Waals surface area contributed by atoms with Gasteiger partial charge in [0.15, 0.2) is 0 Å². The molecule has 2 aromatic rings. The zero-order valence-corrected chi connectivity index (χ0v) is 16.7. The van der Waals surface area contributed by atoms with E-state index in [2.05, 4.69) is 41.9 Å². The lowest BCUT2D eigenvalue weighted by Gasteiger charge is -2.34. The summed E-state index contributed by atoms with van der Waals surface area (Å²) in [5, 5.41) is 17.3. The second-order valence-electron chi connectivity index (χ2n) is 5.49. The molecule has 126 valence electrons. The Balaban J connectivity index is 1.62. The molecule has 1 aliphatic heterocycles. The molecule has 0 spiro atoms. The van der Waals surface area contributed by atoms with Gasteiger partial charge in [0, 0.05) is 33.8 Å². The lowest BCUT2D eigenvalue weighted by Crippen LogP contribution is -2.44. The van der Waals surface area contributed by atoms with E-state index in [1.165, 1.54) is 5.69 Å². The first-order valence-electron chi connectivity index (χ1n) is 7.50. The predicted molar refractivity (Wildman–Crippen MR) is 106 cm³/mol. The SMILES string of the molecule is Oc1c(Br)cc(Br)cc1/C=N/N1CCN(c2ccc(Cl)cc2)CC1. The van der Waals surface area contributed by atoms with Crippen LogP contribution in [0, 0.1) is 0 Å². The fourth-order valence-electron chi connectivity index (χ4n) is 2.55. The largest absolute Gasteiger partial charge is 0.506 e. The zero-order chi connectivity index (χ0) is 17.1. The number of hydrazone groups is 1. The molecule has 1 fully saturated rings. The van der Waals surface area contributed by atoms with Crippen LogP contribution in [-0.2, 0) is 0 Å². The molecule has 1 heterocycles. The predicted octanol–water partition coefficient (Wildman–Crippen LogP) is 4.73. The third kappa shape index (κ3) is 4.23. The standard InChI is InChI=1S/C17H16Br2ClN3O/c18-13-9-12(17(24)16(19)10-13)11-21-23-7-5-22(6-8-23)15-3-1-14(20)2-4-15/h1-4,9-11,24H,5-8H2/b21-11+. The van der Waals surface area contributed by atoms with Crippen molar-refractivity contribution in [2.24, 2.45) is 5.10 Å². The van der Waals surface area contributed by atoms with Crippen molar-refractivity contribution in [2.45, 2.75) is 0 Å². The normalized spacial score (nSPS) is 15.3. The van der Waals surface area contributed by atoms with E-state index in [-0.39, 0.29) is 5.75 Å². The molecule has 4 nitrogen and oxygen atoms in total. The summed E-state index contributed by atoms with van der Waals surface area (Å²) in [6.45, 7) is 3.45. The van der Waals surface area contributed by atoms with Gasteiger partial charge in [-0.15, -0.1) is 0 Å². The van der Waals surface area contributed by atoms with Gasteiger partial charge in [0.05, 0.1) is 23.8 Å². The number of halogens is 3. The summed E-state index contributed by atoms with van der Waals surface area (Å²) < 4.78 is 1.53. The molecule has 3 rings (SSSR count). The highest BCUT2D eigenvalue weighted by atomic mass is 79.9. The number of benzene rings is 2. The molecule has 7 heteroatoms. The number of piperazine rings is 1. The Hall–Kier alpha value is -1.24. The van der Waals surface area contributed by atoms with Gasteiger partial charge in [-0.2, -0.15) is 5.10 Å². The Labute approximate surface area is 163 Å². The Morgan fingerprint density at radius 1 is 1.04 bits per heavy atom. The molecule has 24 heavy (non-hydrogen) atoms. The van der Waals surface area contributed by atoms with Gasteiger partial charge in [-0.1, -0.05) is 27.5 Å². The van der Waals surface area contributed by atoms with Gasteiger partial charge in [-0.25, -0.2) is 0 Å². The average molecular weight is 474 g/mol. The Kier molecular flexibility index (Phi) is 5.69. The van der Waals surface area contributed by atoms with E-state index in [9.17, 15) is 5.11 Å². The highest BCUT2D eigenvalue weighted by molar-refractivity contribution is 9.11. The molecule has 0 aromatic heterocycles. The van der Waals surface area contributed by atoms with Crippen LogP contribution in [0.25, 0.3) is 0 Å². The minimum Gasteiger partial charge on any atom is -0.506 e. The second-order valence-corrected chi connectivity index (χ2v) is 7.69. The molecule has 0 atom stereocenters. The molecule has 2 aromatic carbocycles. The molecule has 0 saturated carbocycles. The number of rotatable bonds is 3. The fourth-order valence-corrected chi connectivity index (χ4v) is 3.93. The van der Waals surface area contributed by atoms with Crippen LogP contribution in [-0.4, -0.2) is 42.5 Å². The first-order chi connectivity index (χ1) is 11.5. The van der Waals surface area contributed by atoms with E-state index in [1.807, 2.05) is 35.3 Å². The van der Waals surface area contributed by atoms with Crippen molar-refractivity contribution in [3.63, 3.8) is 0 Å². The average Bonchev–Trinajstić information content (AvgIpc) is 2.58. The van der Waals surface area contributed by atoms with Gasteiger partial charge >= 0.3 is 0 Å². The number of aromatic hydroxyl groups is 1. The van der Waals surface area contributed by atoms with Crippen LogP contribution in [0.3, 0.4) is 0 Å². The third-order valence-electron chi connectivity index (χ3n) is 3.87. The summed E-state index contributed by atoms with van der Waals surface area (Å²) >= 11 is 12.7. The van der Waals surface area contributed by atoms with Crippen molar-refractivity contribution in [3.05, 3.63) is 55.9 Å². The summed E-state index contributed by atoms with van der Waals surface area (Å²) in [4.78, 5) is 2.31. The summed E-state index contributed by atoms with van der Waals surface area (Å²) in [6, 6.07) is 11.5. The lowest BCUT2D eigenvalue weighted by molar-refractivity contribution is 0.272. The van der Waals surface area contributed by atoms with Crippen LogP contribution in [0.5, 0.6) is 5.75 Å². The smallest absolute Gasteiger partial charge is 0.138 e. The van der Waals surface area contributed by atoms with Crippen molar-refractivity contribution in [2.75, 3.05) is 31.1 Å². The minimum atomic E-state index is 0.196. The van der Waals surface area contributed by atoms with Crippen molar-refractivity contribution < 1.29 is 5.11 Å². The van der Waals surface area contributed by atoms with Crippen LogP contribution in [0.2, 0.25) is 5.02 Å². The zero-order valence-electron chi connectivity index (χ0n) is 12.8. The first kappa shape index (κ1) is 17.6. The molecule has 0 aliphatic carbocycles. The summed E-state index contributed by atoms with van der Waals surface area (Å²) in [5.74, 6) is 0.196. The molecule has 0 amide bonds. The maximum absolute atomic E-state index is 10.1. The Morgan fingerprint density at radius 3 is 2.38 bits per heavy atom. The molecule has 1 saturated heterocycles. The van der Waals surface area contributed by atoms with Crippen LogP contribution in [0.15, 0.2) is 50.4 Å². The number of phenolic OH excluding ortho intramolecular Hbond substituents is 1.